The first-order valence-electron chi connectivity index (χ1n) is 10.6. The molecule has 2 aliphatic rings. The maximum Gasteiger partial charge on any atom is 0.225 e. The fourth-order valence-corrected chi connectivity index (χ4v) is 4.53. The molecule has 1 spiro atoms. The molecule has 2 heterocycles. The summed E-state index contributed by atoms with van der Waals surface area (Å²) in [5, 5.41) is 40.8. The molecule has 30 heavy (non-hydrogen) atoms. The van der Waals surface area contributed by atoms with Gasteiger partial charge in [-0.25, -0.2) is 0 Å². The van der Waals surface area contributed by atoms with Gasteiger partial charge in [0.15, 0.2) is 0 Å². The van der Waals surface area contributed by atoms with E-state index in [1.807, 2.05) is 19.1 Å². The van der Waals surface area contributed by atoms with E-state index in [2.05, 4.69) is 31.2 Å². The fraction of sp³-hybridized carbons (Fsp3) is 0.500. The van der Waals surface area contributed by atoms with Crippen LogP contribution in [-0.2, 0) is 34.7 Å². The minimum atomic E-state index is -1.60. The van der Waals surface area contributed by atoms with Crippen LogP contribution in [-0.4, -0.2) is 51.4 Å². The molecule has 0 unspecified atom stereocenters. The van der Waals surface area contributed by atoms with Crippen molar-refractivity contribution in [3.05, 3.63) is 69.8 Å². The number of ether oxygens (including phenoxy) is 2. The van der Waals surface area contributed by atoms with Crippen molar-refractivity contribution < 1.29 is 29.9 Å². The molecule has 2 aliphatic heterocycles. The Balaban J connectivity index is 1.67. The second-order valence-corrected chi connectivity index (χ2v) is 8.40. The van der Waals surface area contributed by atoms with Gasteiger partial charge in [0.05, 0.1) is 13.2 Å². The van der Waals surface area contributed by atoms with Gasteiger partial charge in [0, 0.05) is 5.56 Å². The van der Waals surface area contributed by atoms with Crippen molar-refractivity contribution in [1.82, 2.24) is 0 Å². The molecule has 4 N–H and O–H groups in total. The second-order valence-electron chi connectivity index (χ2n) is 8.40. The van der Waals surface area contributed by atoms with Gasteiger partial charge in [-0.15, -0.1) is 0 Å². The number of hydrogen-bond acceptors (Lipinski definition) is 6. The summed E-state index contributed by atoms with van der Waals surface area (Å²) in [6.45, 7) is 3.94. The van der Waals surface area contributed by atoms with Crippen LogP contribution in [0.3, 0.4) is 0 Å². The number of fused-ring (bicyclic) bond motifs is 2. The molecule has 1 fully saturated rings. The zero-order chi connectivity index (χ0) is 21.5. The Morgan fingerprint density at radius 3 is 2.40 bits per heavy atom. The second kappa shape index (κ2) is 8.38. The molecular formula is C24H30O6. The Bertz CT molecular complexity index is 893. The Labute approximate surface area is 176 Å². The summed E-state index contributed by atoms with van der Waals surface area (Å²) < 4.78 is 11.7. The SMILES string of the molecule is CCCc1ccc(Cc2cc3c(cc2C)CO[C@]32O[C@H](CO)[C@@H](O)[C@H](O)[C@H]2O)cc1. The topological polar surface area (TPSA) is 99.4 Å². The zero-order valence-electron chi connectivity index (χ0n) is 17.4. The molecule has 2 aromatic carbocycles. The zero-order valence-corrected chi connectivity index (χ0v) is 17.4. The van der Waals surface area contributed by atoms with E-state index >= 15 is 0 Å². The van der Waals surface area contributed by atoms with Gasteiger partial charge in [-0.1, -0.05) is 43.7 Å². The molecule has 162 valence electrons. The van der Waals surface area contributed by atoms with Crippen LogP contribution in [0.5, 0.6) is 0 Å². The molecule has 0 amide bonds. The Morgan fingerprint density at radius 1 is 1.03 bits per heavy atom. The molecule has 0 aliphatic carbocycles. The van der Waals surface area contributed by atoms with Gasteiger partial charge in [-0.2, -0.15) is 0 Å². The number of rotatable bonds is 5. The summed E-state index contributed by atoms with van der Waals surface area (Å²) in [7, 11) is 0. The summed E-state index contributed by atoms with van der Waals surface area (Å²) >= 11 is 0. The van der Waals surface area contributed by atoms with Gasteiger partial charge in [-0.05, 0) is 53.6 Å². The number of aliphatic hydroxyl groups is 4. The van der Waals surface area contributed by atoms with Gasteiger partial charge in [0.25, 0.3) is 0 Å². The summed E-state index contributed by atoms with van der Waals surface area (Å²) in [6, 6.07) is 12.6. The number of hydrogen-bond donors (Lipinski definition) is 4. The third kappa shape index (κ3) is 3.58. The van der Waals surface area contributed by atoms with Crippen molar-refractivity contribution in [3.8, 4) is 0 Å². The lowest BCUT2D eigenvalue weighted by molar-refractivity contribution is -0.368. The van der Waals surface area contributed by atoms with Crippen molar-refractivity contribution in [3.63, 3.8) is 0 Å². The van der Waals surface area contributed by atoms with E-state index in [4.69, 9.17) is 9.47 Å². The molecule has 2 aromatic rings. The van der Waals surface area contributed by atoms with Crippen molar-refractivity contribution in [2.45, 2.75) is 69.9 Å². The van der Waals surface area contributed by atoms with Crippen molar-refractivity contribution in [2.24, 2.45) is 0 Å². The number of aliphatic hydroxyl groups excluding tert-OH is 4. The highest BCUT2D eigenvalue weighted by Crippen LogP contribution is 2.46. The molecule has 0 saturated carbocycles. The quantitative estimate of drug-likeness (QED) is 0.594. The summed E-state index contributed by atoms with van der Waals surface area (Å²) in [5.41, 5.74) is 6.19. The van der Waals surface area contributed by atoms with Gasteiger partial charge in [-0.3, -0.25) is 0 Å². The van der Waals surface area contributed by atoms with E-state index in [1.54, 1.807) is 0 Å². The van der Waals surface area contributed by atoms with Crippen LogP contribution in [0.4, 0.5) is 0 Å². The predicted octanol–water partition coefficient (Wildman–Crippen LogP) is 1.70. The van der Waals surface area contributed by atoms with Crippen LogP contribution < -0.4 is 0 Å². The Hall–Kier alpha value is -1.80. The maximum atomic E-state index is 10.7. The van der Waals surface area contributed by atoms with Crippen LogP contribution >= 0.6 is 0 Å². The highest BCUT2D eigenvalue weighted by molar-refractivity contribution is 5.45. The van der Waals surface area contributed by atoms with Gasteiger partial charge >= 0.3 is 0 Å². The van der Waals surface area contributed by atoms with E-state index in [0.29, 0.717) is 12.0 Å². The normalized spacial score (nSPS) is 30.6. The first kappa shape index (κ1) is 21.4. The number of aryl methyl sites for hydroxylation is 2. The first-order chi connectivity index (χ1) is 14.4. The van der Waals surface area contributed by atoms with Gasteiger partial charge in [0.2, 0.25) is 5.79 Å². The monoisotopic (exact) mass is 414 g/mol. The first-order valence-corrected chi connectivity index (χ1v) is 10.6. The van der Waals surface area contributed by atoms with Crippen molar-refractivity contribution >= 4 is 0 Å². The summed E-state index contributed by atoms with van der Waals surface area (Å²) in [6.07, 6.45) is -2.51. The lowest BCUT2D eigenvalue weighted by atomic mass is 9.85. The minimum Gasteiger partial charge on any atom is -0.394 e. The molecule has 6 nitrogen and oxygen atoms in total. The lowest BCUT2D eigenvalue weighted by Gasteiger charge is -2.46. The van der Waals surface area contributed by atoms with Crippen molar-refractivity contribution in [1.29, 1.82) is 0 Å². The van der Waals surface area contributed by atoms with E-state index in [0.717, 1.165) is 29.5 Å². The van der Waals surface area contributed by atoms with E-state index in [-0.39, 0.29) is 6.61 Å². The van der Waals surface area contributed by atoms with Crippen LogP contribution in [0, 0.1) is 6.92 Å². The standard InChI is InChI=1S/C24H30O6/c1-3-4-15-5-7-16(8-6-15)10-17-11-19-18(9-14(17)2)13-29-24(19)23(28)22(27)21(26)20(12-25)30-24/h5-9,11,20-23,25-28H,3-4,10,12-13H2,1-2H3/t20-,21-,22+,23-,24+/m1/s1. The molecule has 0 radical (unpaired) electrons. The van der Waals surface area contributed by atoms with Crippen LogP contribution in [0.15, 0.2) is 36.4 Å². The molecular weight excluding hydrogens is 384 g/mol. The summed E-state index contributed by atoms with van der Waals surface area (Å²) in [5.74, 6) is -1.60. The van der Waals surface area contributed by atoms with Gasteiger partial charge < -0.3 is 29.9 Å². The molecule has 0 aromatic heterocycles. The van der Waals surface area contributed by atoms with E-state index in [9.17, 15) is 20.4 Å². The minimum absolute atomic E-state index is 0.222. The maximum absolute atomic E-state index is 10.7. The predicted molar refractivity (Wildman–Crippen MR) is 111 cm³/mol. The highest BCUT2D eigenvalue weighted by atomic mass is 16.7. The average Bonchev–Trinajstić information content (AvgIpc) is 3.09. The van der Waals surface area contributed by atoms with E-state index in [1.165, 1.54) is 11.1 Å². The van der Waals surface area contributed by atoms with E-state index < -0.39 is 36.8 Å². The molecule has 4 rings (SSSR count). The smallest absolute Gasteiger partial charge is 0.225 e. The molecule has 1 saturated heterocycles. The highest BCUT2D eigenvalue weighted by Gasteiger charge is 2.58. The number of benzene rings is 2. The third-order valence-electron chi connectivity index (χ3n) is 6.29. The van der Waals surface area contributed by atoms with Gasteiger partial charge in [0.1, 0.15) is 24.4 Å². The third-order valence-corrected chi connectivity index (χ3v) is 6.29. The van der Waals surface area contributed by atoms with Crippen LogP contribution in [0.2, 0.25) is 0 Å². The largest absolute Gasteiger partial charge is 0.394 e. The van der Waals surface area contributed by atoms with Crippen molar-refractivity contribution in [2.75, 3.05) is 6.61 Å². The fourth-order valence-electron chi connectivity index (χ4n) is 4.53. The molecule has 0 bridgehead atoms. The Morgan fingerprint density at radius 2 is 1.73 bits per heavy atom. The van der Waals surface area contributed by atoms with Crippen LogP contribution in [0.25, 0.3) is 0 Å². The average molecular weight is 414 g/mol. The molecule has 5 atom stereocenters. The summed E-state index contributed by atoms with van der Waals surface area (Å²) in [4.78, 5) is 0. The lowest BCUT2D eigenvalue weighted by Crippen LogP contribution is -2.63. The van der Waals surface area contributed by atoms with Crippen LogP contribution in [0.1, 0.15) is 46.7 Å². The Kier molecular flexibility index (Phi) is 5.99. The molecule has 6 heteroatoms.